The molecule has 0 saturated heterocycles. The zero-order chi connectivity index (χ0) is 12.0. The highest BCUT2D eigenvalue weighted by Crippen LogP contribution is 2.22. The van der Waals surface area contributed by atoms with Crippen LogP contribution in [0, 0.1) is 0 Å². The van der Waals surface area contributed by atoms with Gasteiger partial charge in [0.05, 0.1) is 14.4 Å². The van der Waals surface area contributed by atoms with Crippen LogP contribution in [0.2, 0.25) is 0 Å². The lowest BCUT2D eigenvalue weighted by Gasteiger charge is -2.04. The molecule has 0 bridgehead atoms. The van der Waals surface area contributed by atoms with Gasteiger partial charge in [0.15, 0.2) is 5.11 Å². The molecule has 0 fully saturated rings. The smallest absolute Gasteiger partial charge is 0.187 e. The third kappa shape index (κ3) is 4.42. The summed E-state index contributed by atoms with van der Waals surface area (Å²) in [6.07, 6.45) is 1.74. The molecule has 86 valence electrons. The number of hydrogen-bond donors (Lipinski definition) is 2. The normalized spacial score (nSPS) is 11.0. The molecule has 0 saturated carbocycles. The van der Waals surface area contributed by atoms with Crippen LogP contribution in [-0.4, -0.2) is 17.4 Å². The number of halogens is 1. The van der Waals surface area contributed by atoms with Crippen LogP contribution in [0.1, 0.15) is 11.8 Å². The first-order valence-corrected chi connectivity index (χ1v) is 6.60. The molecule has 1 aromatic heterocycles. The van der Waals surface area contributed by atoms with Gasteiger partial charge in [-0.2, -0.15) is 5.10 Å². The van der Waals surface area contributed by atoms with Crippen molar-refractivity contribution in [1.29, 1.82) is 0 Å². The zero-order valence-electron chi connectivity index (χ0n) is 8.79. The van der Waals surface area contributed by atoms with Crippen LogP contribution in [0.15, 0.2) is 33.7 Å². The lowest BCUT2D eigenvalue weighted by Crippen LogP contribution is -2.32. The maximum Gasteiger partial charge on any atom is 0.187 e. The average molecular weight is 318 g/mol. The van der Waals surface area contributed by atoms with E-state index in [1.165, 1.54) is 0 Å². The van der Waals surface area contributed by atoms with Gasteiger partial charge in [-0.3, -0.25) is 5.43 Å². The lowest BCUT2D eigenvalue weighted by atomic mass is 10.3. The summed E-state index contributed by atoms with van der Waals surface area (Å²) >= 11 is 10.1. The Hall–Kier alpha value is -0.720. The summed E-state index contributed by atoms with van der Waals surface area (Å²) in [6, 6.07) is 4.00. The van der Waals surface area contributed by atoms with Crippen molar-refractivity contribution in [2.75, 3.05) is 6.54 Å². The van der Waals surface area contributed by atoms with Gasteiger partial charge in [-0.25, -0.2) is 0 Å². The van der Waals surface area contributed by atoms with Crippen molar-refractivity contribution < 1.29 is 0 Å². The van der Waals surface area contributed by atoms with E-state index in [-0.39, 0.29) is 0 Å². The first kappa shape index (κ1) is 13.3. The fourth-order valence-corrected chi connectivity index (χ4v) is 2.36. The Morgan fingerprint density at radius 1 is 1.69 bits per heavy atom. The molecule has 0 spiro atoms. The van der Waals surface area contributed by atoms with E-state index in [0.29, 0.717) is 11.7 Å². The van der Waals surface area contributed by atoms with Gasteiger partial charge in [0.2, 0.25) is 0 Å². The molecule has 2 N–H and O–H groups in total. The predicted octanol–water partition coefficient (Wildman–Crippen LogP) is 2.88. The van der Waals surface area contributed by atoms with E-state index in [4.69, 9.17) is 12.2 Å². The van der Waals surface area contributed by atoms with Crippen LogP contribution in [-0.2, 0) is 0 Å². The van der Waals surface area contributed by atoms with E-state index in [0.717, 1.165) is 14.4 Å². The molecule has 1 aromatic rings. The number of thiocarbonyl (C=S) groups is 1. The molecule has 0 aliphatic carbocycles. The van der Waals surface area contributed by atoms with E-state index < -0.39 is 0 Å². The number of nitrogens with zero attached hydrogens (tertiary/aromatic N) is 1. The quantitative estimate of drug-likeness (QED) is 0.388. The molecule has 0 atom stereocenters. The van der Waals surface area contributed by atoms with Crippen molar-refractivity contribution in [3.05, 3.63) is 33.5 Å². The second-order valence-corrected chi connectivity index (χ2v) is 5.78. The van der Waals surface area contributed by atoms with Crippen molar-refractivity contribution in [3.8, 4) is 0 Å². The summed E-state index contributed by atoms with van der Waals surface area (Å²) in [5, 5.41) is 7.61. The van der Waals surface area contributed by atoms with Gasteiger partial charge in [0, 0.05) is 6.54 Å². The highest BCUT2D eigenvalue weighted by molar-refractivity contribution is 9.11. The monoisotopic (exact) mass is 317 g/mol. The van der Waals surface area contributed by atoms with Gasteiger partial charge in [-0.15, -0.1) is 17.9 Å². The molecule has 16 heavy (non-hydrogen) atoms. The fourth-order valence-electron chi connectivity index (χ4n) is 0.903. The minimum atomic E-state index is 0.495. The van der Waals surface area contributed by atoms with Crippen molar-refractivity contribution >= 4 is 50.3 Å². The van der Waals surface area contributed by atoms with E-state index >= 15 is 0 Å². The molecule has 0 aliphatic rings. The van der Waals surface area contributed by atoms with E-state index in [1.807, 2.05) is 19.1 Å². The number of hydrazone groups is 1. The summed E-state index contributed by atoms with van der Waals surface area (Å²) in [5.41, 5.74) is 3.68. The molecular formula is C10H12BrN3S2. The number of rotatable bonds is 4. The Labute approximate surface area is 113 Å². The van der Waals surface area contributed by atoms with Gasteiger partial charge in [-0.1, -0.05) is 6.08 Å². The van der Waals surface area contributed by atoms with E-state index in [9.17, 15) is 0 Å². The van der Waals surface area contributed by atoms with Crippen LogP contribution >= 0.6 is 39.5 Å². The number of nitrogens with one attached hydrogen (secondary N) is 2. The highest BCUT2D eigenvalue weighted by atomic mass is 79.9. The van der Waals surface area contributed by atoms with E-state index in [1.54, 1.807) is 17.4 Å². The highest BCUT2D eigenvalue weighted by Gasteiger charge is 2.01. The molecule has 0 aromatic carbocycles. The molecule has 0 radical (unpaired) electrons. The van der Waals surface area contributed by atoms with Gasteiger partial charge in [0.25, 0.3) is 0 Å². The van der Waals surface area contributed by atoms with Crippen LogP contribution in [0.4, 0.5) is 0 Å². The van der Waals surface area contributed by atoms with Gasteiger partial charge >= 0.3 is 0 Å². The van der Waals surface area contributed by atoms with Crippen LogP contribution in [0.3, 0.4) is 0 Å². The fraction of sp³-hybridized carbons (Fsp3) is 0.200. The number of thiophene rings is 1. The summed E-state index contributed by atoms with van der Waals surface area (Å²) in [7, 11) is 0. The molecule has 1 heterocycles. The van der Waals surface area contributed by atoms with Crippen LogP contribution < -0.4 is 10.7 Å². The standard InChI is InChI=1S/C10H12BrN3S2/c1-3-6-12-10(15)14-13-7(2)8-4-5-9(11)16-8/h3-5H,1,6H2,2H3,(H2,12,14,15)/b13-7-. The topological polar surface area (TPSA) is 36.4 Å². The largest absolute Gasteiger partial charge is 0.358 e. The maximum absolute atomic E-state index is 5.01. The Balaban J connectivity index is 2.51. The van der Waals surface area contributed by atoms with E-state index in [2.05, 4.69) is 38.4 Å². The van der Waals surface area contributed by atoms with Gasteiger partial charge in [0.1, 0.15) is 0 Å². The third-order valence-electron chi connectivity index (χ3n) is 1.66. The van der Waals surface area contributed by atoms with Crippen molar-refractivity contribution in [1.82, 2.24) is 10.7 Å². The zero-order valence-corrected chi connectivity index (χ0v) is 12.0. The van der Waals surface area contributed by atoms with Crippen LogP contribution in [0.5, 0.6) is 0 Å². The van der Waals surface area contributed by atoms with Gasteiger partial charge in [-0.05, 0) is 47.2 Å². The molecule has 6 heteroatoms. The summed E-state index contributed by atoms with van der Waals surface area (Å²) in [4.78, 5) is 1.10. The van der Waals surface area contributed by atoms with Gasteiger partial charge < -0.3 is 5.32 Å². The molecule has 0 unspecified atom stereocenters. The molecule has 1 rings (SSSR count). The van der Waals surface area contributed by atoms with Crippen molar-refractivity contribution in [3.63, 3.8) is 0 Å². The molecule has 0 amide bonds. The molecule has 0 aliphatic heterocycles. The first-order valence-electron chi connectivity index (χ1n) is 4.58. The maximum atomic E-state index is 5.01. The number of hydrogen-bond acceptors (Lipinski definition) is 3. The summed E-state index contributed by atoms with van der Waals surface area (Å²) in [5.74, 6) is 0. The second kappa shape index (κ2) is 6.78. The summed E-state index contributed by atoms with van der Waals surface area (Å²) in [6.45, 7) is 6.15. The third-order valence-corrected chi connectivity index (χ3v) is 3.63. The SMILES string of the molecule is C=CCNC(=S)N/N=C(/C)c1ccc(Br)s1. The average Bonchev–Trinajstić information content (AvgIpc) is 2.69. The first-order chi connectivity index (χ1) is 7.63. The van der Waals surface area contributed by atoms with Crippen molar-refractivity contribution in [2.24, 2.45) is 5.10 Å². The minimum absolute atomic E-state index is 0.495. The summed E-state index contributed by atoms with van der Waals surface area (Å²) < 4.78 is 1.09. The predicted molar refractivity (Wildman–Crippen MR) is 78.2 cm³/mol. The Kier molecular flexibility index (Phi) is 5.65. The Bertz CT molecular complexity index is 412. The second-order valence-electron chi connectivity index (χ2n) is 2.91. The Morgan fingerprint density at radius 2 is 2.44 bits per heavy atom. The minimum Gasteiger partial charge on any atom is -0.358 e. The van der Waals surface area contributed by atoms with Crippen LogP contribution in [0.25, 0.3) is 0 Å². The van der Waals surface area contributed by atoms with Crippen molar-refractivity contribution in [2.45, 2.75) is 6.92 Å². The Morgan fingerprint density at radius 3 is 3.00 bits per heavy atom. The molecular weight excluding hydrogens is 306 g/mol. The molecule has 3 nitrogen and oxygen atoms in total. The lowest BCUT2D eigenvalue weighted by molar-refractivity contribution is 0.937.